The molecule has 25 heavy (non-hydrogen) atoms. The molecule has 1 atom stereocenters. The van der Waals surface area contributed by atoms with Gasteiger partial charge in [0.15, 0.2) is 5.82 Å². The van der Waals surface area contributed by atoms with Crippen molar-refractivity contribution in [3.05, 3.63) is 59.9 Å². The van der Waals surface area contributed by atoms with E-state index in [0.29, 0.717) is 0 Å². The zero-order valence-electron chi connectivity index (χ0n) is 14.7. The predicted octanol–water partition coefficient (Wildman–Crippen LogP) is 4.79. The van der Waals surface area contributed by atoms with Gasteiger partial charge in [-0.05, 0) is 37.1 Å². The summed E-state index contributed by atoms with van der Waals surface area (Å²) in [4.78, 5) is 7.05. The lowest BCUT2D eigenvalue weighted by atomic mass is 10.0. The molecule has 0 spiro atoms. The molecule has 2 aromatic heterocycles. The third-order valence-corrected chi connectivity index (χ3v) is 4.80. The van der Waals surface area contributed by atoms with Crippen molar-refractivity contribution in [2.24, 2.45) is 0 Å². The Bertz CT molecular complexity index is 823. The summed E-state index contributed by atoms with van der Waals surface area (Å²) in [7, 11) is 0. The molecular formula is C20H23N3O2. The molecule has 3 aromatic rings. The Morgan fingerprint density at radius 3 is 2.84 bits per heavy atom. The van der Waals surface area contributed by atoms with Crippen LogP contribution in [0, 0.1) is 0 Å². The molecule has 3 heterocycles. The van der Waals surface area contributed by atoms with Crippen LogP contribution in [-0.4, -0.2) is 21.6 Å². The first-order valence-electron chi connectivity index (χ1n) is 8.91. The van der Waals surface area contributed by atoms with Gasteiger partial charge in [-0.15, -0.1) is 0 Å². The van der Waals surface area contributed by atoms with E-state index in [1.54, 1.807) is 6.26 Å². The van der Waals surface area contributed by atoms with E-state index in [0.717, 1.165) is 49.0 Å². The second kappa shape index (κ2) is 6.84. The first-order chi connectivity index (χ1) is 12.2. The first kappa shape index (κ1) is 16.1. The van der Waals surface area contributed by atoms with E-state index in [1.807, 2.05) is 12.1 Å². The topological polar surface area (TPSA) is 55.3 Å². The Morgan fingerprint density at radius 2 is 2.08 bits per heavy atom. The van der Waals surface area contributed by atoms with Gasteiger partial charge in [0.25, 0.3) is 0 Å². The highest BCUT2D eigenvalue weighted by Gasteiger charge is 2.31. The molecule has 1 saturated heterocycles. The number of hydrogen-bond acceptors (Lipinski definition) is 5. The Labute approximate surface area is 147 Å². The van der Waals surface area contributed by atoms with Gasteiger partial charge in [0.05, 0.1) is 12.3 Å². The van der Waals surface area contributed by atoms with Gasteiger partial charge in [-0.25, -0.2) is 0 Å². The summed E-state index contributed by atoms with van der Waals surface area (Å²) in [5, 5.41) is 4.13. The van der Waals surface area contributed by atoms with Gasteiger partial charge in [-0.1, -0.05) is 43.3 Å². The molecule has 1 aliphatic rings. The number of rotatable bonds is 5. The van der Waals surface area contributed by atoms with Crippen molar-refractivity contribution in [2.45, 2.75) is 45.2 Å². The fourth-order valence-electron chi connectivity index (χ4n) is 3.46. The van der Waals surface area contributed by atoms with E-state index in [1.165, 1.54) is 5.56 Å². The van der Waals surface area contributed by atoms with E-state index in [-0.39, 0.29) is 12.0 Å². The number of nitrogens with zero attached hydrogens (tertiary/aromatic N) is 3. The van der Waals surface area contributed by atoms with Gasteiger partial charge >= 0.3 is 0 Å². The smallest absolute Gasteiger partial charge is 0.244 e. The van der Waals surface area contributed by atoms with Crippen LogP contribution in [-0.2, 0) is 6.54 Å². The van der Waals surface area contributed by atoms with Crippen LogP contribution in [0.2, 0.25) is 0 Å². The minimum Gasteiger partial charge on any atom is -0.464 e. The van der Waals surface area contributed by atoms with Crippen LogP contribution in [0.4, 0.5) is 0 Å². The SMILES string of the molecule is CC(C)c1noc(C2CCCN2Cc2ccccc2-c2ccco2)n1. The van der Waals surface area contributed by atoms with Crippen molar-refractivity contribution in [1.29, 1.82) is 0 Å². The Hall–Kier alpha value is -2.40. The number of likely N-dealkylation sites (tertiary alicyclic amines) is 1. The third kappa shape index (κ3) is 3.24. The normalized spacial score (nSPS) is 18.3. The molecule has 1 fully saturated rings. The average molecular weight is 337 g/mol. The predicted molar refractivity (Wildman–Crippen MR) is 94.9 cm³/mol. The molecule has 0 amide bonds. The van der Waals surface area contributed by atoms with Gasteiger partial charge in [0, 0.05) is 18.0 Å². The van der Waals surface area contributed by atoms with E-state index in [9.17, 15) is 0 Å². The minimum atomic E-state index is 0.199. The maximum Gasteiger partial charge on any atom is 0.244 e. The van der Waals surface area contributed by atoms with Gasteiger partial charge in [0.1, 0.15) is 5.76 Å². The summed E-state index contributed by atoms with van der Waals surface area (Å²) in [5.74, 6) is 2.73. The molecule has 0 N–H and O–H groups in total. The lowest BCUT2D eigenvalue weighted by molar-refractivity contribution is 0.201. The second-order valence-corrected chi connectivity index (χ2v) is 6.91. The second-order valence-electron chi connectivity index (χ2n) is 6.91. The summed E-state index contributed by atoms with van der Waals surface area (Å²) in [6, 6.07) is 12.5. The lowest BCUT2D eigenvalue weighted by Gasteiger charge is -2.22. The number of furan rings is 1. The monoisotopic (exact) mass is 337 g/mol. The standard InChI is InChI=1S/C20H23N3O2/c1-14(2)19-21-20(25-22-19)17-9-5-11-23(17)13-15-7-3-4-8-16(15)18-10-6-12-24-18/h3-4,6-8,10,12,14,17H,5,9,11,13H2,1-2H3. The first-order valence-corrected chi connectivity index (χ1v) is 8.91. The van der Waals surface area contributed by atoms with Crippen LogP contribution in [0.15, 0.2) is 51.6 Å². The Kier molecular flexibility index (Phi) is 4.40. The van der Waals surface area contributed by atoms with Crippen LogP contribution in [0.1, 0.15) is 55.9 Å². The van der Waals surface area contributed by atoms with Crippen molar-refractivity contribution in [3.8, 4) is 11.3 Å². The molecule has 5 nitrogen and oxygen atoms in total. The van der Waals surface area contributed by atoms with Crippen molar-refractivity contribution in [2.75, 3.05) is 6.54 Å². The highest BCUT2D eigenvalue weighted by atomic mass is 16.5. The Balaban J connectivity index is 1.58. The fourth-order valence-corrected chi connectivity index (χ4v) is 3.46. The third-order valence-electron chi connectivity index (χ3n) is 4.80. The number of benzene rings is 1. The minimum absolute atomic E-state index is 0.199. The quantitative estimate of drug-likeness (QED) is 0.670. The Morgan fingerprint density at radius 1 is 1.20 bits per heavy atom. The molecule has 1 aliphatic heterocycles. The summed E-state index contributed by atoms with van der Waals surface area (Å²) in [6.07, 6.45) is 3.92. The van der Waals surface area contributed by atoms with E-state index >= 15 is 0 Å². The van der Waals surface area contributed by atoms with Gasteiger partial charge < -0.3 is 8.94 Å². The van der Waals surface area contributed by atoms with Crippen LogP contribution in [0.25, 0.3) is 11.3 Å². The molecule has 4 rings (SSSR count). The molecule has 5 heteroatoms. The van der Waals surface area contributed by atoms with Gasteiger partial charge in [-0.2, -0.15) is 4.98 Å². The van der Waals surface area contributed by atoms with Crippen LogP contribution in [0.5, 0.6) is 0 Å². The largest absolute Gasteiger partial charge is 0.464 e. The van der Waals surface area contributed by atoms with Crippen molar-refractivity contribution in [1.82, 2.24) is 15.0 Å². The fraction of sp³-hybridized carbons (Fsp3) is 0.400. The lowest BCUT2D eigenvalue weighted by Crippen LogP contribution is -2.23. The molecule has 0 saturated carbocycles. The highest BCUT2D eigenvalue weighted by Crippen LogP contribution is 2.34. The van der Waals surface area contributed by atoms with Crippen molar-refractivity contribution < 1.29 is 8.94 Å². The zero-order valence-corrected chi connectivity index (χ0v) is 14.7. The van der Waals surface area contributed by atoms with E-state index in [4.69, 9.17) is 8.94 Å². The highest BCUT2D eigenvalue weighted by molar-refractivity contribution is 5.61. The van der Waals surface area contributed by atoms with Crippen LogP contribution in [0.3, 0.4) is 0 Å². The van der Waals surface area contributed by atoms with Gasteiger partial charge in [-0.3, -0.25) is 4.90 Å². The van der Waals surface area contributed by atoms with E-state index < -0.39 is 0 Å². The average Bonchev–Trinajstić information content (AvgIpc) is 3.36. The molecule has 1 unspecified atom stereocenters. The molecular weight excluding hydrogens is 314 g/mol. The number of aromatic nitrogens is 2. The summed E-state index contributed by atoms with van der Waals surface area (Å²) >= 11 is 0. The zero-order chi connectivity index (χ0) is 17.2. The van der Waals surface area contributed by atoms with Crippen LogP contribution >= 0.6 is 0 Å². The molecule has 0 aliphatic carbocycles. The van der Waals surface area contributed by atoms with Crippen molar-refractivity contribution in [3.63, 3.8) is 0 Å². The molecule has 130 valence electrons. The number of hydrogen-bond donors (Lipinski definition) is 0. The molecule has 1 aromatic carbocycles. The summed E-state index contributed by atoms with van der Waals surface area (Å²) < 4.78 is 11.2. The maximum atomic E-state index is 5.61. The summed E-state index contributed by atoms with van der Waals surface area (Å²) in [5.41, 5.74) is 2.40. The van der Waals surface area contributed by atoms with E-state index in [2.05, 4.69) is 53.2 Å². The van der Waals surface area contributed by atoms with Crippen molar-refractivity contribution >= 4 is 0 Å². The van der Waals surface area contributed by atoms with Crippen LogP contribution < -0.4 is 0 Å². The maximum absolute atomic E-state index is 5.61. The molecule has 0 bridgehead atoms. The molecule has 0 radical (unpaired) electrons. The van der Waals surface area contributed by atoms with Gasteiger partial charge in [0.2, 0.25) is 5.89 Å². The summed E-state index contributed by atoms with van der Waals surface area (Å²) in [6.45, 7) is 6.05.